The van der Waals surface area contributed by atoms with E-state index in [2.05, 4.69) is 15.3 Å². The zero-order chi connectivity index (χ0) is 30.3. The number of rotatable bonds is 4. The summed E-state index contributed by atoms with van der Waals surface area (Å²) in [5, 5.41) is 2.54. The maximum atomic E-state index is 14.2. The highest BCUT2D eigenvalue weighted by Gasteiger charge is 2.40. The highest BCUT2D eigenvalue weighted by molar-refractivity contribution is 6.20. The molecule has 222 valence electrons. The van der Waals surface area contributed by atoms with Crippen LogP contribution in [0.3, 0.4) is 0 Å². The molecule has 6 rings (SSSR count). The summed E-state index contributed by atoms with van der Waals surface area (Å²) >= 11 is 0. The lowest BCUT2D eigenvalue weighted by Crippen LogP contribution is -2.54. The molecule has 0 saturated carbocycles. The number of carbonyl (C=O) groups is 2. The number of anilines is 1. The molecular weight excluding hydrogens is 568 g/mol. The summed E-state index contributed by atoms with van der Waals surface area (Å²) in [6, 6.07) is 18.3. The van der Waals surface area contributed by atoms with E-state index >= 15 is 0 Å². The fraction of sp³-hybridized carbons (Fsp3) is 0.267. The van der Waals surface area contributed by atoms with Crippen molar-refractivity contribution in [1.29, 1.82) is 0 Å². The third-order valence-corrected chi connectivity index (χ3v) is 7.67. The van der Waals surface area contributed by atoms with Crippen LogP contribution in [0.25, 0.3) is 11.0 Å². The van der Waals surface area contributed by atoms with E-state index in [-0.39, 0.29) is 36.0 Å². The average molecular weight is 595 g/mol. The Bertz CT molecular complexity index is 1770. The van der Waals surface area contributed by atoms with Crippen molar-refractivity contribution in [2.75, 3.05) is 24.5 Å². The first-order valence-corrected chi connectivity index (χ1v) is 13.7. The van der Waals surface area contributed by atoms with Crippen LogP contribution in [0.4, 0.5) is 28.0 Å². The number of nitrogens with zero attached hydrogens (tertiary/aromatic N) is 4. The number of benzodiazepines with no additional fused rings is 1. The number of piperidine rings is 1. The average Bonchev–Trinajstić information content (AvgIpc) is 3.29. The van der Waals surface area contributed by atoms with Crippen LogP contribution < -0.4 is 15.9 Å². The Morgan fingerprint density at radius 1 is 0.953 bits per heavy atom. The van der Waals surface area contributed by atoms with Gasteiger partial charge >= 0.3 is 17.9 Å². The van der Waals surface area contributed by atoms with Crippen LogP contribution >= 0.6 is 0 Å². The molecule has 2 aliphatic heterocycles. The van der Waals surface area contributed by atoms with Crippen LogP contribution in [0, 0.1) is 5.82 Å². The number of para-hydroxylation sites is 2. The van der Waals surface area contributed by atoms with Gasteiger partial charge in [0.2, 0.25) is 6.17 Å². The molecule has 3 aromatic carbocycles. The minimum Gasteiger partial charge on any atom is -0.325 e. The predicted molar refractivity (Wildman–Crippen MR) is 152 cm³/mol. The summed E-state index contributed by atoms with van der Waals surface area (Å²) < 4.78 is 56.7. The molecule has 1 atom stereocenters. The van der Waals surface area contributed by atoms with Crippen LogP contribution in [0.1, 0.15) is 30.0 Å². The van der Waals surface area contributed by atoms with Gasteiger partial charge in [0.1, 0.15) is 17.9 Å². The first kappa shape index (κ1) is 28.2. The van der Waals surface area contributed by atoms with Crippen molar-refractivity contribution in [3.8, 4) is 0 Å². The highest BCUT2D eigenvalue weighted by Crippen LogP contribution is 2.31. The number of aliphatic imine (C=N–C) groups is 1. The number of imidazole rings is 1. The van der Waals surface area contributed by atoms with Crippen molar-refractivity contribution in [1.82, 2.24) is 19.8 Å². The molecule has 1 aromatic heterocycles. The number of alkyl halides is 3. The number of aromatic nitrogens is 2. The van der Waals surface area contributed by atoms with E-state index < -0.39 is 42.3 Å². The maximum absolute atomic E-state index is 14.2. The van der Waals surface area contributed by atoms with E-state index in [4.69, 9.17) is 0 Å². The Hall–Kier alpha value is -4.94. The molecule has 0 aliphatic carbocycles. The van der Waals surface area contributed by atoms with Crippen molar-refractivity contribution in [2.24, 2.45) is 4.99 Å². The van der Waals surface area contributed by atoms with E-state index in [0.29, 0.717) is 34.4 Å². The normalized spacial score (nSPS) is 17.9. The first-order chi connectivity index (χ1) is 20.6. The Kier molecular flexibility index (Phi) is 7.24. The van der Waals surface area contributed by atoms with Gasteiger partial charge in [0.25, 0.3) is 5.91 Å². The smallest absolute Gasteiger partial charge is 0.325 e. The number of benzene rings is 3. The van der Waals surface area contributed by atoms with Gasteiger partial charge in [0.05, 0.1) is 16.9 Å². The van der Waals surface area contributed by atoms with Crippen LogP contribution in [0.5, 0.6) is 0 Å². The summed E-state index contributed by atoms with van der Waals surface area (Å²) in [4.78, 5) is 48.7. The lowest BCUT2D eigenvalue weighted by atomic mass is 10.0. The Balaban J connectivity index is 1.26. The summed E-state index contributed by atoms with van der Waals surface area (Å²) in [6.07, 6.45) is -5.62. The summed E-state index contributed by atoms with van der Waals surface area (Å²) in [7, 11) is 0. The number of likely N-dealkylation sites (tertiary alicyclic amines) is 1. The van der Waals surface area contributed by atoms with Gasteiger partial charge in [0, 0.05) is 30.3 Å². The number of hydrogen-bond donors (Lipinski definition) is 2. The summed E-state index contributed by atoms with van der Waals surface area (Å²) in [5.41, 5.74) is 1.26. The lowest BCUT2D eigenvalue weighted by Gasteiger charge is -2.33. The number of carbonyl (C=O) groups excluding carboxylic acids is 2. The fourth-order valence-corrected chi connectivity index (χ4v) is 5.70. The Morgan fingerprint density at radius 3 is 2.37 bits per heavy atom. The van der Waals surface area contributed by atoms with Gasteiger partial charge in [-0.1, -0.05) is 54.6 Å². The SMILES string of the molecule is O=C(N[C@@H]1N=C(c2ccccc2)c2ccccc2N(CC(F)(F)F)C1=O)N1CCC(n2c(=O)[nH]c3c(F)cccc32)CC1. The van der Waals surface area contributed by atoms with Gasteiger partial charge in [-0.2, -0.15) is 13.2 Å². The second kappa shape index (κ2) is 11.0. The molecule has 9 nitrogen and oxygen atoms in total. The number of H-pyrrole nitrogens is 1. The zero-order valence-electron chi connectivity index (χ0n) is 22.6. The highest BCUT2D eigenvalue weighted by atomic mass is 19.4. The molecule has 0 radical (unpaired) electrons. The second-order valence-electron chi connectivity index (χ2n) is 10.4. The minimum absolute atomic E-state index is 0.0330. The zero-order valence-corrected chi connectivity index (χ0v) is 22.6. The van der Waals surface area contributed by atoms with Gasteiger partial charge in [-0.15, -0.1) is 0 Å². The van der Waals surface area contributed by atoms with E-state index in [0.717, 1.165) is 0 Å². The molecule has 13 heteroatoms. The Labute approximate surface area is 242 Å². The van der Waals surface area contributed by atoms with Crippen molar-refractivity contribution >= 4 is 34.4 Å². The number of aromatic amines is 1. The molecule has 2 aliphatic rings. The van der Waals surface area contributed by atoms with Gasteiger partial charge in [-0.05, 0) is 31.0 Å². The predicted octanol–water partition coefficient (Wildman–Crippen LogP) is 4.59. The van der Waals surface area contributed by atoms with Gasteiger partial charge in [0.15, 0.2) is 0 Å². The van der Waals surface area contributed by atoms with Gasteiger partial charge in [-0.25, -0.2) is 19.0 Å². The Morgan fingerprint density at radius 2 is 1.65 bits per heavy atom. The van der Waals surface area contributed by atoms with Crippen molar-refractivity contribution < 1.29 is 27.2 Å². The van der Waals surface area contributed by atoms with Crippen LogP contribution in [-0.2, 0) is 4.79 Å². The number of urea groups is 1. The molecular formula is C30H26F4N6O3. The standard InChI is InChI=1S/C30H26F4N6O3/c31-21-10-6-12-23-25(21)36-29(43)40(23)19-13-15-38(16-14-19)28(42)37-26-27(41)39(17-30(32,33)34)22-11-5-4-9-20(22)24(35-26)18-7-2-1-3-8-18/h1-12,19,26H,13-17H2,(H,36,43)(H,37,42)/t26-/m0/s1. The molecule has 0 spiro atoms. The molecule has 0 unspecified atom stereocenters. The molecule has 0 bridgehead atoms. The van der Waals surface area contributed by atoms with Crippen molar-refractivity contribution in [3.63, 3.8) is 0 Å². The third-order valence-electron chi connectivity index (χ3n) is 7.67. The van der Waals surface area contributed by atoms with Crippen molar-refractivity contribution in [3.05, 3.63) is 100 Å². The number of fused-ring (bicyclic) bond motifs is 2. The first-order valence-electron chi connectivity index (χ1n) is 13.7. The summed E-state index contributed by atoms with van der Waals surface area (Å²) in [6.45, 7) is -1.18. The minimum atomic E-state index is -4.71. The molecule has 43 heavy (non-hydrogen) atoms. The van der Waals surface area contributed by atoms with E-state index in [1.807, 2.05) is 0 Å². The number of hydrogen-bond acceptors (Lipinski definition) is 4. The number of amides is 3. The molecule has 2 N–H and O–H groups in total. The van der Waals surface area contributed by atoms with Gasteiger partial charge in [-0.3, -0.25) is 14.3 Å². The number of nitrogens with one attached hydrogen (secondary N) is 2. The quantitative estimate of drug-likeness (QED) is 0.338. The maximum Gasteiger partial charge on any atom is 0.406 e. The van der Waals surface area contributed by atoms with Crippen LogP contribution in [-0.4, -0.2) is 64.1 Å². The second-order valence-corrected chi connectivity index (χ2v) is 10.4. The van der Waals surface area contributed by atoms with E-state index in [1.54, 1.807) is 48.5 Å². The number of halogens is 4. The lowest BCUT2D eigenvalue weighted by molar-refractivity contribution is -0.133. The van der Waals surface area contributed by atoms with Crippen LogP contribution in [0.2, 0.25) is 0 Å². The third kappa shape index (κ3) is 5.49. The van der Waals surface area contributed by atoms with Crippen LogP contribution in [0.15, 0.2) is 82.6 Å². The monoisotopic (exact) mass is 594 g/mol. The van der Waals surface area contributed by atoms with Gasteiger partial charge < -0.3 is 15.2 Å². The molecule has 3 heterocycles. The van der Waals surface area contributed by atoms with E-state index in [9.17, 15) is 31.9 Å². The van der Waals surface area contributed by atoms with E-state index in [1.165, 1.54) is 33.7 Å². The molecule has 1 saturated heterocycles. The molecule has 1 fully saturated rings. The largest absolute Gasteiger partial charge is 0.406 e. The molecule has 4 aromatic rings. The molecule has 3 amide bonds. The van der Waals surface area contributed by atoms with Crippen molar-refractivity contribution in [2.45, 2.75) is 31.2 Å². The fourth-order valence-electron chi connectivity index (χ4n) is 5.70. The topological polar surface area (TPSA) is 103 Å². The summed E-state index contributed by atoms with van der Waals surface area (Å²) in [5.74, 6) is -1.57.